The molecule has 2 aliphatic rings. The second-order valence-electron chi connectivity index (χ2n) is 5.48. The summed E-state index contributed by atoms with van der Waals surface area (Å²) < 4.78 is 5.79. The molecule has 0 aromatic carbocycles. The quantitative estimate of drug-likeness (QED) is 0.552. The Morgan fingerprint density at radius 1 is 1.21 bits per heavy atom. The lowest BCUT2D eigenvalue weighted by atomic mass is 9.71. The maximum atomic E-state index is 12.1. The molecule has 2 bridgehead atoms. The van der Waals surface area contributed by atoms with Gasteiger partial charge in [0.1, 0.15) is 5.78 Å². The van der Waals surface area contributed by atoms with Crippen LogP contribution in [-0.4, -0.2) is 18.0 Å². The Labute approximate surface area is 85.3 Å². The lowest BCUT2D eigenvalue weighted by Gasteiger charge is -2.39. The molecule has 78 valence electrons. The highest BCUT2D eigenvalue weighted by atomic mass is 16.5. The van der Waals surface area contributed by atoms with Crippen LogP contribution in [0.1, 0.15) is 27.7 Å². The van der Waals surface area contributed by atoms with Crippen molar-refractivity contribution < 1.29 is 9.53 Å². The standard InChI is InChI=1S/C12H18O2/c1-7-8-5-6-9(14-8)10(11(7)13)12(2,3)4/h5-10H,1-4H3/t7-,8-,9+,10+/m1/s1. The van der Waals surface area contributed by atoms with Crippen molar-refractivity contribution in [3.8, 4) is 0 Å². The highest BCUT2D eigenvalue weighted by molar-refractivity contribution is 5.86. The van der Waals surface area contributed by atoms with Crippen LogP contribution >= 0.6 is 0 Å². The van der Waals surface area contributed by atoms with Crippen molar-refractivity contribution in [2.45, 2.75) is 39.9 Å². The molecule has 0 aromatic rings. The lowest BCUT2D eigenvalue weighted by Crippen LogP contribution is -2.48. The van der Waals surface area contributed by atoms with Gasteiger partial charge in [0.15, 0.2) is 0 Å². The molecule has 0 unspecified atom stereocenters. The number of rotatable bonds is 0. The van der Waals surface area contributed by atoms with Gasteiger partial charge in [-0.3, -0.25) is 4.79 Å². The Hall–Kier alpha value is -0.630. The van der Waals surface area contributed by atoms with Crippen LogP contribution in [0.3, 0.4) is 0 Å². The molecule has 1 fully saturated rings. The zero-order chi connectivity index (χ0) is 10.5. The molecule has 2 heteroatoms. The number of ether oxygens (including phenoxy) is 1. The Balaban J connectivity index is 2.32. The van der Waals surface area contributed by atoms with Crippen molar-refractivity contribution in [3.63, 3.8) is 0 Å². The van der Waals surface area contributed by atoms with Gasteiger partial charge in [-0.15, -0.1) is 0 Å². The molecule has 0 amide bonds. The van der Waals surface area contributed by atoms with Crippen LogP contribution in [0.15, 0.2) is 12.2 Å². The van der Waals surface area contributed by atoms with Crippen molar-refractivity contribution in [1.82, 2.24) is 0 Å². The zero-order valence-electron chi connectivity index (χ0n) is 9.28. The molecule has 2 rings (SSSR count). The van der Waals surface area contributed by atoms with Gasteiger partial charge in [0.05, 0.1) is 18.1 Å². The number of carbonyl (C=O) groups excluding carboxylic acids is 1. The van der Waals surface area contributed by atoms with E-state index in [1.165, 1.54) is 0 Å². The van der Waals surface area contributed by atoms with Crippen molar-refractivity contribution in [2.75, 3.05) is 0 Å². The van der Waals surface area contributed by atoms with E-state index in [0.717, 1.165) is 0 Å². The summed E-state index contributed by atoms with van der Waals surface area (Å²) in [7, 11) is 0. The number of ketones is 1. The largest absolute Gasteiger partial charge is 0.365 e. The zero-order valence-corrected chi connectivity index (χ0v) is 9.28. The predicted octanol–water partition coefficient (Wildman–Crippen LogP) is 2.19. The average Bonchev–Trinajstić information content (AvgIpc) is 2.44. The Kier molecular flexibility index (Phi) is 2.07. The SMILES string of the molecule is C[C@H]1C(=O)[C@@H](C(C)(C)C)[C@@H]2C=C[C@H]1O2. The molecule has 0 radical (unpaired) electrons. The highest BCUT2D eigenvalue weighted by Gasteiger charge is 2.48. The summed E-state index contributed by atoms with van der Waals surface area (Å²) in [4.78, 5) is 12.1. The third kappa shape index (κ3) is 1.33. The lowest BCUT2D eigenvalue weighted by molar-refractivity contribution is -0.151. The van der Waals surface area contributed by atoms with E-state index in [1.807, 2.05) is 13.0 Å². The number of hydrogen-bond acceptors (Lipinski definition) is 2. The van der Waals surface area contributed by atoms with Gasteiger partial charge >= 0.3 is 0 Å². The fourth-order valence-corrected chi connectivity index (χ4v) is 2.49. The molecule has 2 aliphatic heterocycles. The van der Waals surface area contributed by atoms with Crippen LogP contribution in [0.25, 0.3) is 0 Å². The molecule has 2 nitrogen and oxygen atoms in total. The average molecular weight is 194 g/mol. The molecule has 14 heavy (non-hydrogen) atoms. The van der Waals surface area contributed by atoms with Gasteiger partial charge in [0.2, 0.25) is 0 Å². The molecule has 0 spiro atoms. The Bertz CT molecular complexity index is 285. The smallest absolute Gasteiger partial charge is 0.145 e. The Morgan fingerprint density at radius 3 is 2.36 bits per heavy atom. The first-order valence-electron chi connectivity index (χ1n) is 5.29. The molecular formula is C12H18O2. The van der Waals surface area contributed by atoms with Gasteiger partial charge in [-0.1, -0.05) is 39.8 Å². The van der Waals surface area contributed by atoms with E-state index in [9.17, 15) is 4.79 Å². The van der Waals surface area contributed by atoms with Crippen molar-refractivity contribution in [2.24, 2.45) is 17.3 Å². The molecule has 0 aromatic heterocycles. The minimum absolute atomic E-state index is 0.00431. The number of carbonyl (C=O) groups is 1. The van der Waals surface area contributed by atoms with Gasteiger partial charge in [-0.25, -0.2) is 0 Å². The maximum absolute atomic E-state index is 12.1. The number of hydrogen-bond donors (Lipinski definition) is 0. The monoisotopic (exact) mass is 194 g/mol. The van der Waals surface area contributed by atoms with E-state index < -0.39 is 0 Å². The van der Waals surface area contributed by atoms with E-state index in [0.29, 0.717) is 5.78 Å². The van der Waals surface area contributed by atoms with E-state index in [4.69, 9.17) is 4.74 Å². The molecule has 2 heterocycles. The molecule has 0 aliphatic carbocycles. The summed E-state index contributed by atoms with van der Waals surface area (Å²) in [6.45, 7) is 8.30. The second-order valence-corrected chi connectivity index (χ2v) is 5.48. The summed E-state index contributed by atoms with van der Waals surface area (Å²) in [5.41, 5.74) is -0.00431. The normalized spacial score (nSPS) is 41.9. The van der Waals surface area contributed by atoms with Crippen LogP contribution in [0.2, 0.25) is 0 Å². The van der Waals surface area contributed by atoms with E-state index >= 15 is 0 Å². The van der Waals surface area contributed by atoms with Gasteiger partial charge in [0, 0.05) is 5.92 Å². The summed E-state index contributed by atoms with van der Waals surface area (Å²) in [5.74, 6) is 0.408. The molecular weight excluding hydrogens is 176 g/mol. The third-order valence-electron chi connectivity index (χ3n) is 3.31. The fourth-order valence-electron chi connectivity index (χ4n) is 2.49. The van der Waals surface area contributed by atoms with Crippen LogP contribution in [0.5, 0.6) is 0 Å². The van der Waals surface area contributed by atoms with E-state index in [-0.39, 0.29) is 29.5 Å². The first kappa shape index (κ1) is 9.91. The van der Waals surface area contributed by atoms with Crippen molar-refractivity contribution in [1.29, 1.82) is 0 Å². The van der Waals surface area contributed by atoms with Gasteiger partial charge in [0.25, 0.3) is 0 Å². The summed E-state index contributed by atoms with van der Waals surface area (Å²) in [6.07, 6.45) is 4.15. The first-order chi connectivity index (χ1) is 6.41. The topological polar surface area (TPSA) is 26.3 Å². The second kappa shape index (κ2) is 2.93. The minimum atomic E-state index is -0.00431. The number of fused-ring (bicyclic) bond motifs is 2. The van der Waals surface area contributed by atoms with Crippen molar-refractivity contribution in [3.05, 3.63) is 12.2 Å². The van der Waals surface area contributed by atoms with Gasteiger partial charge in [-0.2, -0.15) is 0 Å². The molecule has 4 atom stereocenters. The van der Waals surface area contributed by atoms with E-state index in [1.54, 1.807) is 0 Å². The summed E-state index contributed by atoms with van der Waals surface area (Å²) in [5, 5.41) is 0. The van der Waals surface area contributed by atoms with Gasteiger partial charge < -0.3 is 4.74 Å². The molecule has 0 N–H and O–H groups in total. The molecule has 0 saturated carbocycles. The number of Topliss-reactive ketones (excluding diaryl/α,β-unsaturated/α-hetero) is 1. The molecule has 1 saturated heterocycles. The van der Waals surface area contributed by atoms with Crippen molar-refractivity contribution >= 4 is 5.78 Å². The first-order valence-corrected chi connectivity index (χ1v) is 5.29. The maximum Gasteiger partial charge on any atom is 0.145 e. The van der Waals surface area contributed by atoms with Crippen LogP contribution < -0.4 is 0 Å². The van der Waals surface area contributed by atoms with E-state index in [2.05, 4.69) is 26.8 Å². The van der Waals surface area contributed by atoms with Crippen LogP contribution in [0, 0.1) is 17.3 Å². The minimum Gasteiger partial charge on any atom is -0.365 e. The third-order valence-corrected chi connectivity index (χ3v) is 3.31. The van der Waals surface area contributed by atoms with Gasteiger partial charge in [-0.05, 0) is 5.41 Å². The highest BCUT2D eigenvalue weighted by Crippen LogP contribution is 2.41. The van der Waals surface area contributed by atoms with Crippen LogP contribution in [0.4, 0.5) is 0 Å². The predicted molar refractivity (Wildman–Crippen MR) is 54.9 cm³/mol. The summed E-state index contributed by atoms with van der Waals surface area (Å²) in [6, 6.07) is 0. The van der Waals surface area contributed by atoms with Crippen LogP contribution in [-0.2, 0) is 9.53 Å². The summed E-state index contributed by atoms with van der Waals surface area (Å²) >= 11 is 0. The fraction of sp³-hybridized carbons (Fsp3) is 0.750. The Morgan fingerprint density at radius 2 is 1.79 bits per heavy atom.